The van der Waals surface area contributed by atoms with E-state index in [4.69, 9.17) is 11.6 Å². The molecule has 23 heavy (non-hydrogen) atoms. The normalized spacial score (nSPS) is 19.1. The van der Waals surface area contributed by atoms with Gasteiger partial charge in [0, 0.05) is 43.1 Å². The number of benzene rings is 1. The van der Waals surface area contributed by atoms with E-state index in [0.29, 0.717) is 6.54 Å². The van der Waals surface area contributed by atoms with E-state index in [1.54, 1.807) is 0 Å². The van der Waals surface area contributed by atoms with Crippen molar-refractivity contribution in [1.29, 1.82) is 0 Å². The lowest BCUT2D eigenvalue weighted by molar-refractivity contribution is -0.146. The summed E-state index contributed by atoms with van der Waals surface area (Å²) in [5, 5.41) is 4.02. The smallest absolute Gasteiger partial charge is 0.232 e. The molecule has 4 nitrogen and oxygen atoms in total. The van der Waals surface area contributed by atoms with Crippen LogP contribution in [0.2, 0.25) is 5.02 Å². The molecule has 0 spiro atoms. The minimum atomic E-state index is -0.303. The second-order valence-corrected chi connectivity index (χ2v) is 7.04. The van der Waals surface area contributed by atoms with Crippen molar-refractivity contribution in [2.75, 3.05) is 19.6 Å². The van der Waals surface area contributed by atoms with Crippen molar-refractivity contribution in [3.63, 3.8) is 0 Å². The predicted octanol–water partition coefficient (Wildman–Crippen LogP) is 2.32. The number of hydrogen-bond acceptors (Lipinski definition) is 2. The highest BCUT2D eigenvalue weighted by Gasteiger charge is 2.46. The molecule has 1 amide bonds. The van der Waals surface area contributed by atoms with Crippen LogP contribution in [-0.2, 0) is 24.3 Å². The van der Waals surface area contributed by atoms with Gasteiger partial charge in [0.25, 0.3) is 0 Å². The number of nitrogens with one attached hydrogen (secondary N) is 1. The molecular weight excluding hydrogens is 310 g/mol. The van der Waals surface area contributed by atoms with E-state index in [1.807, 2.05) is 29.2 Å². The molecule has 1 saturated heterocycles. The lowest BCUT2D eigenvalue weighted by atomic mass is 9.75. The summed E-state index contributed by atoms with van der Waals surface area (Å²) < 4.78 is 2.23. The Labute approximate surface area is 141 Å². The van der Waals surface area contributed by atoms with E-state index in [1.165, 1.54) is 11.3 Å². The molecule has 2 aliphatic rings. The average Bonchev–Trinajstić information content (AvgIpc) is 2.99. The van der Waals surface area contributed by atoms with Crippen LogP contribution in [0.5, 0.6) is 0 Å². The van der Waals surface area contributed by atoms with Gasteiger partial charge in [0.2, 0.25) is 5.91 Å². The number of halogens is 1. The number of rotatable bonds is 3. The monoisotopic (exact) mass is 329 g/mol. The zero-order valence-corrected chi connectivity index (χ0v) is 13.7. The predicted molar refractivity (Wildman–Crippen MR) is 90.3 cm³/mol. The molecule has 0 unspecified atom stereocenters. The molecule has 1 fully saturated rings. The summed E-state index contributed by atoms with van der Waals surface area (Å²) in [6.07, 6.45) is 2.86. The molecule has 2 aliphatic heterocycles. The molecular formula is C18H20ClN3O. The van der Waals surface area contributed by atoms with Crippen LogP contribution in [-0.4, -0.2) is 35.0 Å². The fourth-order valence-electron chi connectivity index (χ4n) is 3.59. The molecule has 0 bridgehead atoms. The number of aromatic nitrogens is 1. The molecule has 1 aromatic carbocycles. The Hall–Kier alpha value is -1.78. The Balaban J connectivity index is 1.52. The maximum absolute atomic E-state index is 13.2. The van der Waals surface area contributed by atoms with Crippen molar-refractivity contribution in [2.45, 2.75) is 19.5 Å². The lowest BCUT2D eigenvalue weighted by Crippen LogP contribution is -2.63. The zero-order valence-electron chi connectivity index (χ0n) is 13.0. The van der Waals surface area contributed by atoms with E-state index >= 15 is 0 Å². The number of fused-ring (bicyclic) bond motifs is 1. The summed E-state index contributed by atoms with van der Waals surface area (Å²) in [7, 11) is 0. The first-order valence-electron chi connectivity index (χ1n) is 8.05. The number of carbonyl (C=O) groups is 1. The molecule has 1 aromatic heterocycles. The third-order valence-corrected chi connectivity index (χ3v) is 5.26. The fourth-order valence-corrected chi connectivity index (χ4v) is 3.72. The van der Waals surface area contributed by atoms with Crippen molar-refractivity contribution in [3.05, 3.63) is 58.9 Å². The quantitative estimate of drug-likeness (QED) is 0.938. The van der Waals surface area contributed by atoms with Crippen LogP contribution < -0.4 is 5.32 Å². The van der Waals surface area contributed by atoms with Crippen molar-refractivity contribution in [1.82, 2.24) is 14.8 Å². The SMILES string of the molecule is O=C(N1CCn2cccc2C1)C1(Cc2ccc(Cl)cc2)CNC1. The largest absolute Gasteiger partial charge is 0.348 e. The average molecular weight is 330 g/mol. The molecule has 3 heterocycles. The summed E-state index contributed by atoms with van der Waals surface area (Å²) in [5.41, 5.74) is 2.09. The Morgan fingerprint density at radius 1 is 1.17 bits per heavy atom. The van der Waals surface area contributed by atoms with E-state index in [9.17, 15) is 4.79 Å². The van der Waals surface area contributed by atoms with Crippen LogP contribution in [0, 0.1) is 5.41 Å². The first kappa shape index (κ1) is 14.8. The molecule has 0 saturated carbocycles. The van der Waals surface area contributed by atoms with E-state index < -0.39 is 0 Å². The summed E-state index contributed by atoms with van der Waals surface area (Å²) in [4.78, 5) is 15.2. The number of carbonyl (C=O) groups excluding carboxylic acids is 1. The van der Waals surface area contributed by atoms with E-state index in [-0.39, 0.29) is 11.3 Å². The molecule has 1 N–H and O–H groups in total. The highest BCUT2D eigenvalue weighted by molar-refractivity contribution is 6.30. The summed E-state index contributed by atoms with van der Waals surface area (Å²) in [6.45, 7) is 3.91. The van der Waals surface area contributed by atoms with Gasteiger partial charge < -0.3 is 14.8 Å². The van der Waals surface area contributed by atoms with Gasteiger partial charge in [-0.15, -0.1) is 0 Å². The summed E-state index contributed by atoms with van der Waals surface area (Å²) in [5.74, 6) is 0.277. The number of nitrogens with zero attached hydrogens (tertiary/aromatic N) is 2. The molecule has 2 aromatic rings. The van der Waals surface area contributed by atoms with Gasteiger partial charge in [0.1, 0.15) is 0 Å². The first-order valence-corrected chi connectivity index (χ1v) is 8.43. The van der Waals surface area contributed by atoms with E-state index in [0.717, 1.165) is 37.6 Å². The maximum atomic E-state index is 13.2. The topological polar surface area (TPSA) is 37.3 Å². The van der Waals surface area contributed by atoms with Crippen LogP contribution in [0.25, 0.3) is 0 Å². The molecule has 0 aliphatic carbocycles. The van der Waals surface area contributed by atoms with Crippen LogP contribution in [0.4, 0.5) is 0 Å². The molecule has 0 radical (unpaired) electrons. The highest BCUT2D eigenvalue weighted by Crippen LogP contribution is 2.32. The van der Waals surface area contributed by atoms with Gasteiger partial charge in [-0.25, -0.2) is 0 Å². The third kappa shape index (κ3) is 2.66. The van der Waals surface area contributed by atoms with Gasteiger partial charge in [-0.2, -0.15) is 0 Å². The van der Waals surface area contributed by atoms with Crippen LogP contribution in [0.3, 0.4) is 0 Å². The van der Waals surface area contributed by atoms with Gasteiger partial charge in [-0.05, 0) is 36.2 Å². The van der Waals surface area contributed by atoms with Gasteiger partial charge in [-0.3, -0.25) is 4.79 Å². The highest BCUT2D eigenvalue weighted by atomic mass is 35.5. The third-order valence-electron chi connectivity index (χ3n) is 5.01. The standard InChI is InChI=1S/C18H20ClN3O/c19-15-5-3-14(4-6-15)10-18(12-20-13-18)17(23)22-9-8-21-7-1-2-16(21)11-22/h1-7,20H,8-13H2. The number of hydrogen-bond donors (Lipinski definition) is 1. The Kier molecular flexibility index (Phi) is 3.66. The van der Waals surface area contributed by atoms with Crippen LogP contribution in [0.15, 0.2) is 42.6 Å². The molecule has 4 rings (SSSR count). The van der Waals surface area contributed by atoms with Gasteiger partial charge in [0.05, 0.1) is 12.0 Å². The van der Waals surface area contributed by atoms with Gasteiger partial charge in [-0.1, -0.05) is 23.7 Å². The lowest BCUT2D eigenvalue weighted by Gasteiger charge is -2.45. The summed E-state index contributed by atoms with van der Waals surface area (Å²) >= 11 is 5.96. The minimum Gasteiger partial charge on any atom is -0.348 e. The molecule has 5 heteroatoms. The van der Waals surface area contributed by atoms with Gasteiger partial charge >= 0.3 is 0 Å². The Morgan fingerprint density at radius 2 is 1.96 bits per heavy atom. The molecule has 0 atom stereocenters. The minimum absolute atomic E-state index is 0.277. The van der Waals surface area contributed by atoms with Gasteiger partial charge in [0.15, 0.2) is 0 Å². The zero-order chi connectivity index (χ0) is 15.9. The summed E-state index contributed by atoms with van der Waals surface area (Å²) in [6, 6.07) is 12.0. The number of amides is 1. The second kappa shape index (κ2) is 5.69. The van der Waals surface area contributed by atoms with Crippen molar-refractivity contribution >= 4 is 17.5 Å². The van der Waals surface area contributed by atoms with Crippen molar-refractivity contribution < 1.29 is 4.79 Å². The van der Waals surface area contributed by atoms with Crippen molar-refractivity contribution in [2.24, 2.45) is 5.41 Å². The fraction of sp³-hybridized carbons (Fsp3) is 0.389. The Bertz CT molecular complexity index is 718. The van der Waals surface area contributed by atoms with E-state index in [2.05, 4.69) is 28.2 Å². The van der Waals surface area contributed by atoms with Crippen LogP contribution >= 0.6 is 11.6 Å². The first-order chi connectivity index (χ1) is 11.2. The Morgan fingerprint density at radius 3 is 2.65 bits per heavy atom. The second-order valence-electron chi connectivity index (χ2n) is 6.61. The molecule has 120 valence electrons. The maximum Gasteiger partial charge on any atom is 0.232 e. The van der Waals surface area contributed by atoms with Crippen LogP contribution in [0.1, 0.15) is 11.3 Å². The van der Waals surface area contributed by atoms with Crippen molar-refractivity contribution in [3.8, 4) is 0 Å².